The molecule has 2 aliphatic rings. The molecule has 0 aromatic carbocycles. The number of rotatable bonds is 1. The van der Waals surface area contributed by atoms with Crippen LogP contribution in [-0.4, -0.2) is 17.9 Å². The Kier molecular flexibility index (Phi) is 3.09. The fourth-order valence-electron chi connectivity index (χ4n) is 3.04. The molecule has 0 aromatic heterocycles. The Hall–Kier alpha value is -0.0800. The van der Waals surface area contributed by atoms with Gasteiger partial charge >= 0.3 is 0 Å². The molecule has 0 unspecified atom stereocenters. The second-order valence-corrected chi connectivity index (χ2v) is 5.88. The van der Waals surface area contributed by atoms with Crippen molar-refractivity contribution in [1.29, 1.82) is 0 Å². The normalized spacial score (nSPS) is 40.6. The third kappa shape index (κ3) is 2.54. The van der Waals surface area contributed by atoms with E-state index in [2.05, 4.69) is 26.1 Å². The zero-order valence-corrected chi connectivity index (χ0v) is 10.4. The summed E-state index contributed by atoms with van der Waals surface area (Å²) in [5.41, 5.74) is 0.0950. The average molecular weight is 211 g/mol. The highest BCUT2D eigenvalue weighted by atomic mass is 16.5. The summed E-state index contributed by atoms with van der Waals surface area (Å²) >= 11 is 0. The Morgan fingerprint density at radius 2 is 1.87 bits per heavy atom. The molecule has 1 aliphatic heterocycles. The zero-order chi connectivity index (χ0) is 10.9. The second kappa shape index (κ2) is 4.06. The van der Waals surface area contributed by atoms with Crippen molar-refractivity contribution in [1.82, 2.24) is 5.32 Å². The maximum Gasteiger partial charge on any atom is 0.119 e. The molecule has 1 saturated heterocycles. The summed E-state index contributed by atoms with van der Waals surface area (Å²) in [5, 5.41) is 3.61. The molecule has 2 nitrogen and oxygen atoms in total. The summed E-state index contributed by atoms with van der Waals surface area (Å²) in [4.78, 5) is 0. The molecule has 15 heavy (non-hydrogen) atoms. The van der Waals surface area contributed by atoms with Gasteiger partial charge < -0.3 is 4.74 Å². The molecule has 0 bridgehead atoms. The maximum absolute atomic E-state index is 6.28. The predicted octanol–water partition coefficient (Wildman–Crippen LogP) is 3.07. The van der Waals surface area contributed by atoms with E-state index in [4.69, 9.17) is 4.74 Å². The monoisotopic (exact) mass is 211 g/mol. The highest BCUT2D eigenvalue weighted by molar-refractivity contribution is 4.91. The van der Waals surface area contributed by atoms with E-state index in [9.17, 15) is 0 Å². The Bertz CT molecular complexity index is 217. The SMILES string of the molecule is CCC1CCC2(CC1)NCCC(C)(C)O2. The van der Waals surface area contributed by atoms with Crippen LogP contribution in [0.25, 0.3) is 0 Å². The molecule has 1 N–H and O–H groups in total. The van der Waals surface area contributed by atoms with Crippen LogP contribution in [0.5, 0.6) is 0 Å². The lowest BCUT2D eigenvalue weighted by Crippen LogP contribution is -2.59. The quantitative estimate of drug-likeness (QED) is 0.719. The van der Waals surface area contributed by atoms with Crippen molar-refractivity contribution in [2.75, 3.05) is 6.54 Å². The average Bonchev–Trinajstić information content (AvgIpc) is 2.17. The standard InChI is InChI=1S/C13H25NO/c1-4-11-5-7-13(8-6-11)14-10-9-12(2,3)15-13/h11,14H,4-10H2,1-3H3. The number of nitrogens with one attached hydrogen (secondary N) is 1. The molecule has 88 valence electrons. The topological polar surface area (TPSA) is 21.3 Å². The van der Waals surface area contributed by atoms with E-state index in [-0.39, 0.29) is 11.3 Å². The lowest BCUT2D eigenvalue weighted by atomic mass is 9.80. The first-order valence-electron chi connectivity index (χ1n) is 6.50. The van der Waals surface area contributed by atoms with Gasteiger partial charge in [0, 0.05) is 6.54 Å². The van der Waals surface area contributed by atoms with Crippen LogP contribution >= 0.6 is 0 Å². The lowest BCUT2D eigenvalue weighted by molar-refractivity contribution is -0.202. The lowest BCUT2D eigenvalue weighted by Gasteiger charge is -2.49. The first kappa shape index (κ1) is 11.4. The van der Waals surface area contributed by atoms with E-state index >= 15 is 0 Å². The highest BCUT2D eigenvalue weighted by Gasteiger charge is 2.42. The minimum Gasteiger partial charge on any atom is -0.355 e. The molecular weight excluding hydrogens is 186 g/mol. The van der Waals surface area contributed by atoms with Crippen LogP contribution in [0.3, 0.4) is 0 Å². The minimum absolute atomic E-state index is 0.0212. The van der Waals surface area contributed by atoms with Crippen LogP contribution in [0.15, 0.2) is 0 Å². The molecule has 0 aromatic rings. The fourth-order valence-corrected chi connectivity index (χ4v) is 3.04. The van der Waals surface area contributed by atoms with Crippen LogP contribution in [0.2, 0.25) is 0 Å². The number of hydrogen-bond donors (Lipinski definition) is 1. The summed E-state index contributed by atoms with van der Waals surface area (Å²) in [6.07, 6.45) is 7.54. The third-order valence-electron chi connectivity index (χ3n) is 4.14. The Morgan fingerprint density at radius 3 is 2.40 bits per heavy atom. The molecule has 2 fully saturated rings. The van der Waals surface area contributed by atoms with E-state index in [0.717, 1.165) is 18.9 Å². The van der Waals surface area contributed by atoms with Gasteiger partial charge in [-0.25, -0.2) is 0 Å². The molecular formula is C13H25NO. The molecule has 2 rings (SSSR count). The van der Waals surface area contributed by atoms with E-state index in [0.29, 0.717) is 0 Å². The first-order valence-corrected chi connectivity index (χ1v) is 6.50. The predicted molar refractivity (Wildman–Crippen MR) is 62.8 cm³/mol. The third-order valence-corrected chi connectivity index (χ3v) is 4.14. The highest BCUT2D eigenvalue weighted by Crippen LogP contribution is 2.39. The summed E-state index contributed by atoms with van der Waals surface area (Å²) in [7, 11) is 0. The van der Waals surface area contributed by atoms with Crippen molar-refractivity contribution in [3.8, 4) is 0 Å². The van der Waals surface area contributed by atoms with Gasteiger partial charge in [-0.15, -0.1) is 0 Å². The molecule has 1 spiro atoms. The molecule has 1 aliphatic carbocycles. The van der Waals surface area contributed by atoms with Crippen molar-refractivity contribution >= 4 is 0 Å². The Balaban J connectivity index is 1.97. The minimum atomic E-state index is 0.0212. The van der Waals surface area contributed by atoms with Crippen LogP contribution in [-0.2, 0) is 4.74 Å². The molecule has 2 heteroatoms. The van der Waals surface area contributed by atoms with Gasteiger partial charge in [-0.3, -0.25) is 5.32 Å². The Labute approximate surface area is 93.8 Å². The van der Waals surface area contributed by atoms with Crippen LogP contribution in [0.1, 0.15) is 59.3 Å². The smallest absolute Gasteiger partial charge is 0.119 e. The molecule has 1 saturated carbocycles. The summed E-state index contributed by atoms with van der Waals surface area (Å²) in [5.74, 6) is 0.936. The summed E-state index contributed by atoms with van der Waals surface area (Å²) in [6.45, 7) is 7.87. The molecule has 0 amide bonds. The van der Waals surface area contributed by atoms with Crippen molar-refractivity contribution in [3.63, 3.8) is 0 Å². The number of hydrogen-bond acceptors (Lipinski definition) is 2. The van der Waals surface area contributed by atoms with Gasteiger partial charge in [0.2, 0.25) is 0 Å². The van der Waals surface area contributed by atoms with Gasteiger partial charge in [0.25, 0.3) is 0 Å². The largest absolute Gasteiger partial charge is 0.355 e. The van der Waals surface area contributed by atoms with E-state index in [1.165, 1.54) is 32.1 Å². The molecule has 0 atom stereocenters. The summed E-state index contributed by atoms with van der Waals surface area (Å²) < 4.78 is 6.28. The van der Waals surface area contributed by atoms with Gasteiger partial charge in [-0.1, -0.05) is 13.3 Å². The first-order chi connectivity index (χ1) is 7.05. The van der Waals surface area contributed by atoms with Crippen LogP contribution < -0.4 is 5.32 Å². The van der Waals surface area contributed by atoms with Gasteiger partial charge in [-0.2, -0.15) is 0 Å². The van der Waals surface area contributed by atoms with Gasteiger partial charge in [-0.05, 0) is 51.9 Å². The van der Waals surface area contributed by atoms with Gasteiger partial charge in [0.15, 0.2) is 0 Å². The molecule has 1 heterocycles. The van der Waals surface area contributed by atoms with Gasteiger partial charge in [0.05, 0.1) is 5.60 Å². The van der Waals surface area contributed by atoms with Crippen molar-refractivity contribution in [3.05, 3.63) is 0 Å². The van der Waals surface area contributed by atoms with Crippen LogP contribution in [0.4, 0.5) is 0 Å². The second-order valence-electron chi connectivity index (χ2n) is 5.88. The number of ether oxygens (including phenoxy) is 1. The zero-order valence-electron chi connectivity index (χ0n) is 10.4. The van der Waals surface area contributed by atoms with E-state index in [1.807, 2.05) is 0 Å². The van der Waals surface area contributed by atoms with Crippen molar-refractivity contribution in [2.45, 2.75) is 70.6 Å². The Morgan fingerprint density at radius 1 is 1.20 bits per heavy atom. The fraction of sp³-hybridized carbons (Fsp3) is 1.00. The summed E-state index contributed by atoms with van der Waals surface area (Å²) in [6, 6.07) is 0. The van der Waals surface area contributed by atoms with Crippen molar-refractivity contribution in [2.24, 2.45) is 5.92 Å². The van der Waals surface area contributed by atoms with Gasteiger partial charge in [0.1, 0.15) is 5.72 Å². The van der Waals surface area contributed by atoms with E-state index < -0.39 is 0 Å². The van der Waals surface area contributed by atoms with E-state index in [1.54, 1.807) is 0 Å². The van der Waals surface area contributed by atoms with Crippen LogP contribution in [0, 0.1) is 5.92 Å². The molecule has 0 radical (unpaired) electrons. The van der Waals surface area contributed by atoms with Crippen molar-refractivity contribution < 1.29 is 4.74 Å². The maximum atomic E-state index is 6.28.